The maximum atomic E-state index is 12.9. The second-order valence-corrected chi connectivity index (χ2v) is 7.36. The van der Waals surface area contributed by atoms with Crippen LogP contribution in [-0.4, -0.2) is 56.8 Å². The van der Waals surface area contributed by atoms with Crippen molar-refractivity contribution in [3.05, 3.63) is 18.2 Å². The molecule has 2 amide bonds. The van der Waals surface area contributed by atoms with Gasteiger partial charge in [-0.15, -0.1) is 0 Å². The van der Waals surface area contributed by atoms with Gasteiger partial charge in [0.1, 0.15) is 5.82 Å². The SMILES string of the molecule is CCc1nccn1C1CCCN(C(=O)C2CC(=O)N(C3CC3)C2)C1. The number of amides is 2. The zero-order chi connectivity index (χ0) is 16.7. The number of aryl methyl sites for hydroxylation is 1. The van der Waals surface area contributed by atoms with E-state index in [0.717, 1.165) is 51.0 Å². The minimum Gasteiger partial charge on any atom is -0.340 e. The molecule has 2 saturated heterocycles. The van der Waals surface area contributed by atoms with Crippen molar-refractivity contribution in [2.45, 2.75) is 57.5 Å². The number of imidazole rings is 1. The van der Waals surface area contributed by atoms with Gasteiger partial charge in [-0.3, -0.25) is 9.59 Å². The Morgan fingerprint density at radius 3 is 2.83 bits per heavy atom. The molecule has 2 atom stereocenters. The van der Waals surface area contributed by atoms with Crippen molar-refractivity contribution in [1.29, 1.82) is 0 Å². The van der Waals surface area contributed by atoms with Gasteiger partial charge in [-0.25, -0.2) is 4.98 Å². The Kier molecular flexibility index (Phi) is 4.06. The van der Waals surface area contributed by atoms with E-state index in [1.807, 2.05) is 22.2 Å². The first-order valence-corrected chi connectivity index (χ1v) is 9.27. The van der Waals surface area contributed by atoms with Crippen molar-refractivity contribution in [2.75, 3.05) is 19.6 Å². The zero-order valence-electron chi connectivity index (χ0n) is 14.4. The Hall–Kier alpha value is -1.85. The second-order valence-electron chi connectivity index (χ2n) is 7.36. The first kappa shape index (κ1) is 15.7. The summed E-state index contributed by atoms with van der Waals surface area (Å²) >= 11 is 0. The molecule has 130 valence electrons. The van der Waals surface area contributed by atoms with Crippen molar-refractivity contribution in [2.24, 2.45) is 5.92 Å². The fourth-order valence-corrected chi connectivity index (χ4v) is 4.23. The maximum Gasteiger partial charge on any atom is 0.228 e. The molecule has 1 aromatic heterocycles. The smallest absolute Gasteiger partial charge is 0.228 e. The van der Waals surface area contributed by atoms with Crippen LogP contribution in [0.2, 0.25) is 0 Å². The summed E-state index contributed by atoms with van der Waals surface area (Å²) in [5, 5.41) is 0. The molecule has 0 spiro atoms. The fourth-order valence-electron chi connectivity index (χ4n) is 4.23. The molecule has 2 unspecified atom stereocenters. The van der Waals surface area contributed by atoms with E-state index in [-0.39, 0.29) is 17.7 Å². The quantitative estimate of drug-likeness (QED) is 0.843. The van der Waals surface area contributed by atoms with Gasteiger partial charge in [0, 0.05) is 50.9 Å². The van der Waals surface area contributed by atoms with Crippen molar-refractivity contribution in [1.82, 2.24) is 19.4 Å². The van der Waals surface area contributed by atoms with E-state index < -0.39 is 0 Å². The Bertz CT molecular complexity index is 637. The average molecular weight is 330 g/mol. The van der Waals surface area contributed by atoms with Crippen molar-refractivity contribution >= 4 is 11.8 Å². The zero-order valence-corrected chi connectivity index (χ0v) is 14.4. The Balaban J connectivity index is 1.42. The fraction of sp³-hybridized carbons (Fsp3) is 0.722. The molecule has 0 radical (unpaired) electrons. The highest BCUT2D eigenvalue weighted by Crippen LogP contribution is 2.34. The van der Waals surface area contributed by atoms with Gasteiger partial charge in [-0.1, -0.05) is 6.92 Å². The molecule has 3 aliphatic rings. The number of piperidine rings is 1. The van der Waals surface area contributed by atoms with E-state index in [1.54, 1.807) is 0 Å². The van der Waals surface area contributed by atoms with Crippen molar-refractivity contribution < 1.29 is 9.59 Å². The predicted octanol–water partition coefficient (Wildman–Crippen LogP) is 1.62. The molecule has 4 rings (SSSR count). The molecule has 0 aromatic carbocycles. The van der Waals surface area contributed by atoms with Gasteiger partial charge < -0.3 is 14.4 Å². The van der Waals surface area contributed by atoms with Gasteiger partial charge in [0.2, 0.25) is 11.8 Å². The van der Waals surface area contributed by atoms with Crippen LogP contribution in [-0.2, 0) is 16.0 Å². The molecule has 24 heavy (non-hydrogen) atoms. The molecule has 2 aliphatic heterocycles. The standard InChI is InChI=1S/C18H26N4O2/c1-2-16-19-7-9-21(16)15-4-3-8-20(12-15)18(24)13-10-17(23)22(11-13)14-5-6-14/h7,9,13-15H,2-6,8,10-12H2,1H3. The highest BCUT2D eigenvalue weighted by molar-refractivity contribution is 5.89. The van der Waals surface area contributed by atoms with Crippen LogP contribution in [0.25, 0.3) is 0 Å². The van der Waals surface area contributed by atoms with E-state index in [9.17, 15) is 9.59 Å². The van der Waals surface area contributed by atoms with Crippen LogP contribution in [0.3, 0.4) is 0 Å². The molecular formula is C18H26N4O2. The molecule has 1 saturated carbocycles. The third kappa shape index (κ3) is 2.82. The second kappa shape index (κ2) is 6.22. The van der Waals surface area contributed by atoms with Crippen LogP contribution in [0, 0.1) is 5.92 Å². The molecule has 6 nitrogen and oxygen atoms in total. The largest absolute Gasteiger partial charge is 0.340 e. The molecule has 3 fully saturated rings. The number of aromatic nitrogens is 2. The molecule has 1 aromatic rings. The average Bonchev–Trinajstić information content (AvgIpc) is 3.20. The van der Waals surface area contributed by atoms with Gasteiger partial charge in [-0.2, -0.15) is 0 Å². The van der Waals surface area contributed by atoms with E-state index in [0.29, 0.717) is 25.0 Å². The first-order valence-electron chi connectivity index (χ1n) is 9.27. The topological polar surface area (TPSA) is 58.4 Å². The number of carbonyl (C=O) groups excluding carboxylic acids is 2. The molecule has 3 heterocycles. The van der Waals surface area contributed by atoms with Crippen molar-refractivity contribution in [3.63, 3.8) is 0 Å². The Labute approximate surface area is 142 Å². The van der Waals surface area contributed by atoms with Crippen LogP contribution >= 0.6 is 0 Å². The number of nitrogens with zero attached hydrogens (tertiary/aromatic N) is 4. The van der Waals surface area contributed by atoms with E-state index in [1.165, 1.54) is 0 Å². The number of carbonyl (C=O) groups is 2. The number of hydrogen-bond donors (Lipinski definition) is 0. The number of hydrogen-bond acceptors (Lipinski definition) is 3. The van der Waals surface area contributed by atoms with Crippen LogP contribution in [0.5, 0.6) is 0 Å². The van der Waals surface area contributed by atoms with E-state index in [2.05, 4.69) is 16.5 Å². The number of likely N-dealkylation sites (tertiary alicyclic amines) is 2. The van der Waals surface area contributed by atoms with Gasteiger partial charge in [0.05, 0.1) is 12.0 Å². The van der Waals surface area contributed by atoms with Crippen molar-refractivity contribution in [3.8, 4) is 0 Å². The highest BCUT2D eigenvalue weighted by atomic mass is 16.2. The monoisotopic (exact) mass is 330 g/mol. The lowest BCUT2D eigenvalue weighted by molar-refractivity contribution is -0.137. The van der Waals surface area contributed by atoms with Crippen LogP contribution in [0.1, 0.15) is 50.9 Å². The lowest BCUT2D eigenvalue weighted by Gasteiger charge is -2.35. The summed E-state index contributed by atoms with van der Waals surface area (Å²) in [6, 6.07) is 0.735. The molecular weight excluding hydrogens is 304 g/mol. The third-order valence-corrected chi connectivity index (χ3v) is 5.66. The van der Waals surface area contributed by atoms with E-state index >= 15 is 0 Å². The van der Waals surface area contributed by atoms with Gasteiger partial charge in [-0.05, 0) is 25.7 Å². The lowest BCUT2D eigenvalue weighted by atomic mass is 10.0. The van der Waals surface area contributed by atoms with Crippen LogP contribution in [0.15, 0.2) is 12.4 Å². The Morgan fingerprint density at radius 2 is 2.08 bits per heavy atom. The summed E-state index contributed by atoms with van der Waals surface area (Å²) in [6.45, 7) is 4.31. The summed E-state index contributed by atoms with van der Waals surface area (Å²) in [5.74, 6) is 1.30. The Morgan fingerprint density at radius 1 is 1.25 bits per heavy atom. The van der Waals surface area contributed by atoms with Gasteiger partial charge >= 0.3 is 0 Å². The number of rotatable bonds is 4. The van der Waals surface area contributed by atoms with Gasteiger partial charge in [0.25, 0.3) is 0 Å². The molecule has 1 aliphatic carbocycles. The minimum atomic E-state index is -0.134. The molecule has 0 bridgehead atoms. The summed E-state index contributed by atoms with van der Waals surface area (Å²) in [7, 11) is 0. The third-order valence-electron chi connectivity index (χ3n) is 5.66. The van der Waals surface area contributed by atoms with E-state index in [4.69, 9.17) is 0 Å². The minimum absolute atomic E-state index is 0.134. The first-order chi connectivity index (χ1) is 11.7. The van der Waals surface area contributed by atoms with Crippen LogP contribution in [0.4, 0.5) is 0 Å². The highest BCUT2D eigenvalue weighted by Gasteiger charge is 2.43. The molecule has 6 heteroatoms. The summed E-state index contributed by atoms with van der Waals surface area (Å²) in [6.07, 6.45) is 9.52. The summed E-state index contributed by atoms with van der Waals surface area (Å²) in [5.41, 5.74) is 0. The van der Waals surface area contributed by atoms with Gasteiger partial charge in [0.15, 0.2) is 0 Å². The normalized spacial score (nSPS) is 27.8. The summed E-state index contributed by atoms with van der Waals surface area (Å²) in [4.78, 5) is 33.4. The maximum absolute atomic E-state index is 12.9. The lowest BCUT2D eigenvalue weighted by Crippen LogP contribution is -2.44. The predicted molar refractivity (Wildman–Crippen MR) is 89.3 cm³/mol. The van der Waals surface area contributed by atoms with Crippen LogP contribution < -0.4 is 0 Å². The summed E-state index contributed by atoms with van der Waals surface area (Å²) < 4.78 is 2.23. The molecule has 0 N–H and O–H groups in total.